The Labute approximate surface area is 179 Å². The third-order valence-corrected chi connectivity index (χ3v) is 6.09. The summed E-state index contributed by atoms with van der Waals surface area (Å²) in [5, 5.41) is 0. The van der Waals surface area contributed by atoms with Gasteiger partial charge in [-0.2, -0.15) is 0 Å². The summed E-state index contributed by atoms with van der Waals surface area (Å²) in [6.07, 6.45) is 4.56. The van der Waals surface area contributed by atoms with Crippen molar-refractivity contribution in [1.29, 1.82) is 0 Å². The Morgan fingerprint density at radius 2 is 1.65 bits per heavy atom. The van der Waals surface area contributed by atoms with E-state index in [4.69, 9.17) is 4.98 Å². The van der Waals surface area contributed by atoms with Gasteiger partial charge in [-0.1, -0.05) is 24.3 Å². The van der Waals surface area contributed by atoms with Gasteiger partial charge in [0.15, 0.2) is 0 Å². The van der Waals surface area contributed by atoms with Gasteiger partial charge in [0.05, 0.1) is 16.7 Å². The minimum atomic E-state index is -0.220. The number of piperazine rings is 1. The Balaban J connectivity index is 1.22. The van der Waals surface area contributed by atoms with Gasteiger partial charge in [-0.3, -0.25) is 0 Å². The van der Waals surface area contributed by atoms with E-state index in [0.717, 1.165) is 77.8 Å². The third-order valence-electron chi connectivity index (χ3n) is 6.09. The Morgan fingerprint density at radius 1 is 0.871 bits per heavy atom. The van der Waals surface area contributed by atoms with Crippen LogP contribution >= 0.6 is 0 Å². The largest absolute Gasteiger partial charge is 0.352 e. The van der Waals surface area contributed by atoms with Crippen molar-refractivity contribution in [3.8, 4) is 0 Å². The van der Waals surface area contributed by atoms with Crippen LogP contribution in [0.2, 0.25) is 0 Å². The first-order valence-corrected chi connectivity index (χ1v) is 10.5. The number of nitrogens with one attached hydrogen (secondary N) is 1. The lowest BCUT2D eigenvalue weighted by atomic mass is 10.1. The van der Waals surface area contributed by atoms with E-state index in [1.165, 1.54) is 12.1 Å². The minimum Gasteiger partial charge on any atom is -0.352 e. The van der Waals surface area contributed by atoms with Gasteiger partial charge in [0.1, 0.15) is 18.0 Å². The van der Waals surface area contributed by atoms with E-state index in [1.807, 2.05) is 30.3 Å². The van der Waals surface area contributed by atoms with E-state index in [9.17, 15) is 4.39 Å². The highest BCUT2D eigenvalue weighted by atomic mass is 19.1. The van der Waals surface area contributed by atoms with Crippen molar-refractivity contribution in [2.24, 2.45) is 0 Å². The van der Waals surface area contributed by atoms with Crippen LogP contribution in [0.1, 0.15) is 16.8 Å². The van der Waals surface area contributed by atoms with E-state index in [-0.39, 0.29) is 5.82 Å². The molecule has 6 rings (SSSR count). The highest BCUT2D eigenvalue weighted by Gasteiger charge is 2.26. The molecule has 0 spiro atoms. The normalized spacial score (nSPS) is 16.0. The molecule has 2 aromatic carbocycles. The Kier molecular flexibility index (Phi) is 4.19. The molecule has 0 bridgehead atoms. The summed E-state index contributed by atoms with van der Waals surface area (Å²) in [6, 6.07) is 14.8. The standard InChI is InChI=1S/C24H21FN6/c25-18-7-5-16(6-8-18)17-13-19-22(14-17)26-15-27-23(19)30-9-11-31(12-10-30)24-28-20-3-1-2-4-21(20)29-24/h1-8,13,15H,9-12,14H2,(H,28,29). The number of imidazole rings is 1. The number of fused-ring (bicyclic) bond motifs is 2. The second-order valence-electron chi connectivity index (χ2n) is 7.96. The Morgan fingerprint density at radius 3 is 2.45 bits per heavy atom. The van der Waals surface area contributed by atoms with Gasteiger partial charge in [-0.25, -0.2) is 19.3 Å². The highest BCUT2D eigenvalue weighted by molar-refractivity contribution is 5.91. The van der Waals surface area contributed by atoms with Crippen molar-refractivity contribution >= 4 is 34.4 Å². The minimum absolute atomic E-state index is 0.220. The molecule has 1 saturated heterocycles. The molecule has 7 heteroatoms. The average Bonchev–Trinajstić information content (AvgIpc) is 3.44. The van der Waals surface area contributed by atoms with Crippen molar-refractivity contribution < 1.29 is 4.39 Å². The van der Waals surface area contributed by atoms with Crippen molar-refractivity contribution in [3.63, 3.8) is 0 Å². The summed E-state index contributed by atoms with van der Waals surface area (Å²) in [4.78, 5) is 21.9. The zero-order valence-electron chi connectivity index (χ0n) is 16.9. The molecule has 154 valence electrons. The number of benzene rings is 2. The predicted molar refractivity (Wildman–Crippen MR) is 121 cm³/mol. The number of aromatic nitrogens is 4. The molecule has 1 N–H and O–H groups in total. The smallest absolute Gasteiger partial charge is 0.203 e. The molecule has 2 aromatic heterocycles. The molecule has 0 saturated carbocycles. The van der Waals surface area contributed by atoms with Gasteiger partial charge in [-0.05, 0) is 41.5 Å². The summed E-state index contributed by atoms with van der Waals surface area (Å²) >= 11 is 0. The molecule has 1 fully saturated rings. The number of nitrogens with zero attached hydrogens (tertiary/aromatic N) is 5. The van der Waals surface area contributed by atoms with Crippen LogP contribution in [0.15, 0.2) is 54.9 Å². The predicted octanol–water partition coefficient (Wildman–Crippen LogP) is 3.92. The van der Waals surface area contributed by atoms with Crippen LogP contribution in [-0.4, -0.2) is 46.1 Å². The van der Waals surface area contributed by atoms with Gasteiger partial charge in [0.2, 0.25) is 5.95 Å². The maximum Gasteiger partial charge on any atom is 0.203 e. The van der Waals surface area contributed by atoms with Crippen LogP contribution in [0, 0.1) is 5.82 Å². The summed E-state index contributed by atoms with van der Waals surface area (Å²) in [5.41, 5.74) is 6.35. The molecule has 0 unspecified atom stereocenters. The Bertz CT molecular complexity index is 1250. The fourth-order valence-electron chi connectivity index (χ4n) is 4.44. The molecule has 0 atom stereocenters. The van der Waals surface area contributed by atoms with Gasteiger partial charge in [-0.15, -0.1) is 0 Å². The molecule has 0 amide bonds. The molecule has 1 aliphatic carbocycles. The molecule has 2 aliphatic rings. The maximum atomic E-state index is 13.3. The van der Waals surface area contributed by atoms with Gasteiger partial charge in [0, 0.05) is 38.2 Å². The SMILES string of the molecule is Fc1ccc(C2=Cc3c(ncnc3N3CCN(c4nc5ccccc5[nH]4)CC3)C2)cc1. The molecule has 3 heterocycles. The van der Waals surface area contributed by atoms with Crippen molar-refractivity contribution in [2.45, 2.75) is 6.42 Å². The molecule has 4 aromatic rings. The number of H-pyrrole nitrogens is 1. The molecule has 31 heavy (non-hydrogen) atoms. The second-order valence-corrected chi connectivity index (χ2v) is 7.96. The molecule has 6 nitrogen and oxygen atoms in total. The number of para-hydroxylation sites is 2. The molecule has 1 aliphatic heterocycles. The van der Waals surface area contributed by atoms with Gasteiger partial charge in [0.25, 0.3) is 0 Å². The number of hydrogen-bond acceptors (Lipinski definition) is 5. The first kappa shape index (κ1) is 18.1. The van der Waals surface area contributed by atoms with Crippen LogP contribution in [0.4, 0.5) is 16.2 Å². The van der Waals surface area contributed by atoms with E-state index in [2.05, 4.69) is 36.9 Å². The average molecular weight is 412 g/mol. The highest BCUT2D eigenvalue weighted by Crippen LogP contribution is 2.35. The molecule has 0 radical (unpaired) electrons. The van der Waals surface area contributed by atoms with E-state index in [1.54, 1.807) is 6.33 Å². The van der Waals surface area contributed by atoms with Crippen LogP contribution in [0.25, 0.3) is 22.7 Å². The summed E-state index contributed by atoms with van der Waals surface area (Å²) in [5.74, 6) is 1.68. The quantitative estimate of drug-likeness (QED) is 0.553. The number of aromatic amines is 1. The summed E-state index contributed by atoms with van der Waals surface area (Å²) in [7, 11) is 0. The number of hydrogen-bond donors (Lipinski definition) is 1. The second kappa shape index (κ2) is 7.19. The molecular weight excluding hydrogens is 391 g/mol. The van der Waals surface area contributed by atoms with Crippen LogP contribution in [-0.2, 0) is 6.42 Å². The number of allylic oxidation sites excluding steroid dienone is 1. The number of anilines is 2. The topological polar surface area (TPSA) is 60.9 Å². The number of halogens is 1. The lowest BCUT2D eigenvalue weighted by molar-refractivity contribution is 0.627. The zero-order valence-corrected chi connectivity index (χ0v) is 16.9. The lowest BCUT2D eigenvalue weighted by Gasteiger charge is -2.35. The molecular formula is C24H21FN6. The van der Waals surface area contributed by atoms with Crippen molar-refractivity contribution in [3.05, 3.63) is 77.5 Å². The van der Waals surface area contributed by atoms with Crippen molar-refractivity contribution in [2.75, 3.05) is 36.0 Å². The first-order chi connectivity index (χ1) is 15.2. The monoisotopic (exact) mass is 412 g/mol. The van der Waals surface area contributed by atoms with Gasteiger partial charge >= 0.3 is 0 Å². The van der Waals surface area contributed by atoms with E-state index < -0.39 is 0 Å². The van der Waals surface area contributed by atoms with Crippen molar-refractivity contribution in [1.82, 2.24) is 19.9 Å². The Hall–Kier alpha value is -3.74. The van der Waals surface area contributed by atoms with Crippen LogP contribution in [0.5, 0.6) is 0 Å². The fraction of sp³-hybridized carbons (Fsp3) is 0.208. The first-order valence-electron chi connectivity index (χ1n) is 10.5. The summed E-state index contributed by atoms with van der Waals surface area (Å²) < 4.78 is 13.3. The summed E-state index contributed by atoms with van der Waals surface area (Å²) in [6.45, 7) is 3.46. The number of rotatable bonds is 3. The lowest BCUT2D eigenvalue weighted by Crippen LogP contribution is -2.47. The van der Waals surface area contributed by atoms with E-state index >= 15 is 0 Å². The zero-order chi connectivity index (χ0) is 20.8. The van der Waals surface area contributed by atoms with Gasteiger partial charge < -0.3 is 14.8 Å². The van der Waals surface area contributed by atoms with Crippen LogP contribution < -0.4 is 9.80 Å². The fourth-order valence-corrected chi connectivity index (χ4v) is 4.44. The third kappa shape index (κ3) is 3.22. The van der Waals surface area contributed by atoms with Crippen LogP contribution in [0.3, 0.4) is 0 Å². The van der Waals surface area contributed by atoms with E-state index in [0.29, 0.717) is 0 Å². The maximum absolute atomic E-state index is 13.3.